The van der Waals surface area contributed by atoms with Crippen LogP contribution in [0.4, 0.5) is 5.69 Å². The molecule has 0 atom stereocenters. The Morgan fingerprint density at radius 3 is 2.38 bits per heavy atom. The molecule has 0 unspecified atom stereocenters. The highest BCUT2D eigenvalue weighted by atomic mass is 16.6. The molecule has 2 aromatic rings. The molecule has 1 N–H and O–H groups in total. The first kappa shape index (κ1) is 10.2. The van der Waals surface area contributed by atoms with Gasteiger partial charge >= 0.3 is 0 Å². The summed E-state index contributed by atoms with van der Waals surface area (Å²) in [5, 5.41) is 20.1. The lowest BCUT2D eigenvalue weighted by atomic mass is 10.0. The van der Waals surface area contributed by atoms with Crippen molar-refractivity contribution in [3.05, 3.63) is 58.6 Å². The zero-order valence-electron chi connectivity index (χ0n) is 8.33. The van der Waals surface area contributed by atoms with Crippen LogP contribution in [0.5, 0.6) is 5.75 Å². The van der Waals surface area contributed by atoms with Crippen LogP contribution in [0, 0.1) is 10.1 Å². The van der Waals surface area contributed by atoms with Gasteiger partial charge in [0, 0.05) is 0 Å². The minimum Gasteiger partial charge on any atom is -0.508 e. The Bertz CT molecular complexity index is 523. The largest absolute Gasteiger partial charge is 0.508 e. The summed E-state index contributed by atoms with van der Waals surface area (Å²) in [6.45, 7) is 0. The van der Waals surface area contributed by atoms with E-state index in [4.69, 9.17) is 0 Å². The molecular weight excluding hydrogens is 206 g/mol. The number of hydrogen-bond donors (Lipinski definition) is 1. The average molecular weight is 215 g/mol. The van der Waals surface area contributed by atoms with Crippen molar-refractivity contribution in [2.24, 2.45) is 0 Å². The Morgan fingerprint density at radius 2 is 1.75 bits per heavy atom. The molecule has 2 rings (SSSR count). The van der Waals surface area contributed by atoms with E-state index in [0.29, 0.717) is 5.56 Å². The fraction of sp³-hybridized carbons (Fsp3) is 0. The molecule has 0 bridgehead atoms. The molecule has 0 aromatic heterocycles. The topological polar surface area (TPSA) is 63.4 Å². The van der Waals surface area contributed by atoms with Crippen LogP contribution in [0.25, 0.3) is 11.1 Å². The van der Waals surface area contributed by atoms with Gasteiger partial charge < -0.3 is 5.11 Å². The second-order valence-corrected chi connectivity index (χ2v) is 3.32. The molecule has 16 heavy (non-hydrogen) atoms. The Kier molecular flexibility index (Phi) is 2.55. The van der Waals surface area contributed by atoms with E-state index in [1.165, 1.54) is 6.07 Å². The van der Waals surface area contributed by atoms with Crippen LogP contribution >= 0.6 is 0 Å². The van der Waals surface area contributed by atoms with Gasteiger partial charge in [0.05, 0.1) is 16.6 Å². The number of aromatic hydroxyl groups is 1. The van der Waals surface area contributed by atoms with E-state index in [9.17, 15) is 15.2 Å². The van der Waals surface area contributed by atoms with Crippen LogP contribution in [0.2, 0.25) is 0 Å². The average Bonchev–Trinajstić information content (AvgIpc) is 2.30. The Balaban J connectivity index is 2.61. The predicted molar refractivity (Wildman–Crippen MR) is 60.2 cm³/mol. The summed E-state index contributed by atoms with van der Waals surface area (Å²) in [4.78, 5) is 10.3. The quantitative estimate of drug-likeness (QED) is 0.618. The van der Waals surface area contributed by atoms with Crippen molar-refractivity contribution in [3.8, 4) is 16.9 Å². The normalized spacial score (nSPS) is 10.0. The fourth-order valence-electron chi connectivity index (χ4n) is 1.53. The third kappa shape index (κ3) is 1.86. The molecule has 0 aliphatic rings. The van der Waals surface area contributed by atoms with Gasteiger partial charge in [-0.05, 0) is 17.7 Å². The van der Waals surface area contributed by atoms with Crippen molar-refractivity contribution < 1.29 is 10.0 Å². The summed E-state index contributed by atoms with van der Waals surface area (Å²) in [7, 11) is 0. The van der Waals surface area contributed by atoms with Crippen molar-refractivity contribution in [2.75, 3.05) is 0 Å². The highest BCUT2D eigenvalue weighted by Crippen LogP contribution is 2.32. The van der Waals surface area contributed by atoms with Crippen LogP contribution in [0.15, 0.2) is 48.5 Å². The van der Waals surface area contributed by atoms with Crippen LogP contribution < -0.4 is 0 Å². The van der Waals surface area contributed by atoms with E-state index in [0.717, 1.165) is 11.6 Å². The van der Waals surface area contributed by atoms with Gasteiger partial charge in [0.2, 0.25) is 0 Å². The van der Waals surface area contributed by atoms with Gasteiger partial charge in [0.25, 0.3) is 5.69 Å². The standard InChI is InChI=1S/C12H9NO3/c14-10-6-7-11(12(8-10)13(15)16)9-4-2-1-3-5-9/h1-8,14H. The lowest BCUT2D eigenvalue weighted by Crippen LogP contribution is -1.91. The molecule has 0 saturated heterocycles. The lowest BCUT2D eigenvalue weighted by Gasteiger charge is -2.03. The number of hydrogen-bond acceptors (Lipinski definition) is 3. The van der Waals surface area contributed by atoms with Crippen molar-refractivity contribution in [1.82, 2.24) is 0 Å². The van der Waals surface area contributed by atoms with Crippen LogP contribution in [0.3, 0.4) is 0 Å². The van der Waals surface area contributed by atoms with Crippen molar-refractivity contribution in [2.45, 2.75) is 0 Å². The van der Waals surface area contributed by atoms with E-state index >= 15 is 0 Å². The lowest BCUT2D eigenvalue weighted by molar-refractivity contribution is -0.384. The summed E-state index contributed by atoms with van der Waals surface area (Å²) in [5.41, 5.74) is 1.17. The maximum absolute atomic E-state index is 10.8. The summed E-state index contributed by atoms with van der Waals surface area (Å²) < 4.78 is 0. The predicted octanol–water partition coefficient (Wildman–Crippen LogP) is 2.97. The zero-order valence-corrected chi connectivity index (χ0v) is 8.33. The van der Waals surface area contributed by atoms with Gasteiger partial charge in [0.15, 0.2) is 0 Å². The summed E-state index contributed by atoms with van der Waals surface area (Å²) in [6, 6.07) is 13.2. The van der Waals surface area contributed by atoms with E-state index in [-0.39, 0.29) is 11.4 Å². The number of nitro benzene ring substituents is 1. The third-order valence-electron chi connectivity index (χ3n) is 2.26. The molecule has 4 heteroatoms. The number of phenols is 1. The Labute approximate surface area is 91.9 Å². The molecule has 0 fully saturated rings. The van der Waals surface area contributed by atoms with Gasteiger partial charge in [0.1, 0.15) is 5.75 Å². The molecule has 2 aromatic carbocycles. The Morgan fingerprint density at radius 1 is 1.06 bits per heavy atom. The minimum absolute atomic E-state index is 0.0915. The maximum atomic E-state index is 10.8. The van der Waals surface area contributed by atoms with E-state index < -0.39 is 4.92 Å². The molecule has 4 nitrogen and oxygen atoms in total. The van der Waals surface area contributed by atoms with Gasteiger partial charge in [-0.25, -0.2) is 0 Å². The molecule has 0 aliphatic carbocycles. The van der Waals surface area contributed by atoms with Crippen LogP contribution in [-0.2, 0) is 0 Å². The summed E-state index contributed by atoms with van der Waals surface area (Å²) in [5.74, 6) is -0.105. The number of nitro groups is 1. The molecule has 0 radical (unpaired) electrons. The fourth-order valence-corrected chi connectivity index (χ4v) is 1.53. The van der Waals surface area contributed by atoms with Crippen molar-refractivity contribution in [1.29, 1.82) is 0 Å². The third-order valence-corrected chi connectivity index (χ3v) is 2.26. The maximum Gasteiger partial charge on any atom is 0.280 e. The Hall–Kier alpha value is -2.36. The van der Waals surface area contributed by atoms with Crippen molar-refractivity contribution >= 4 is 5.69 Å². The van der Waals surface area contributed by atoms with Gasteiger partial charge in [-0.1, -0.05) is 30.3 Å². The van der Waals surface area contributed by atoms with Crippen LogP contribution in [0.1, 0.15) is 0 Å². The zero-order chi connectivity index (χ0) is 11.5. The SMILES string of the molecule is O=[N+]([O-])c1cc(O)ccc1-c1ccccc1. The first-order chi connectivity index (χ1) is 7.68. The van der Waals surface area contributed by atoms with Gasteiger partial charge in [-0.2, -0.15) is 0 Å². The number of rotatable bonds is 2. The molecule has 0 saturated carbocycles. The minimum atomic E-state index is -0.498. The van der Waals surface area contributed by atoms with E-state index in [2.05, 4.69) is 0 Å². The molecule has 0 aliphatic heterocycles. The number of benzene rings is 2. The molecule has 80 valence electrons. The van der Waals surface area contributed by atoms with Gasteiger partial charge in [-0.15, -0.1) is 0 Å². The highest BCUT2D eigenvalue weighted by Gasteiger charge is 2.15. The molecule has 0 amide bonds. The summed E-state index contributed by atoms with van der Waals surface area (Å²) >= 11 is 0. The van der Waals surface area contributed by atoms with Crippen LogP contribution in [-0.4, -0.2) is 10.0 Å². The summed E-state index contributed by atoms with van der Waals surface area (Å²) in [6.07, 6.45) is 0. The molecular formula is C12H9NO3. The van der Waals surface area contributed by atoms with Gasteiger partial charge in [-0.3, -0.25) is 10.1 Å². The molecule has 0 heterocycles. The van der Waals surface area contributed by atoms with E-state index in [1.54, 1.807) is 18.2 Å². The second-order valence-electron chi connectivity index (χ2n) is 3.32. The van der Waals surface area contributed by atoms with E-state index in [1.807, 2.05) is 18.2 Å². The first-order valence-corrected chi connectivity index (χ1v) is 4.71. The number of phenolic OH excluding ortho intramolecular Hbond substituents is 1. The second kappa shape index (κ2) is 4.02. The monoisotopic (exact) mass is 215 g/mol. The smallest absolute Gasteiger partial charge is 0.280 e. The first-order valence-electron chi connectivity index (χ1n) is 4.71. The highest BCUT2D eigenvalue weighted by molar-refractivity contribution is 5.74. The van der Waals surface area contributed by atoms with Crippen molar-refractivity contribution in [3.63, 3.8) is 0 Å². The molecule has 0 spiro atoms. The number of nitrogens with zero attached hydrogens (tertiary/aromatic N) is 1.